The molecule has 150 valence electrons. The number of aryl methyl sites for hydroxylation is 1. The Morgan fingerprint density at radius 1 is 1.07 bits per heavy atom. The second kappa shape index (κ2) is 8.86. The summed E-state index contributed by atoms with van der Waals surface area (Å²) in [6.45, 7) is 5.33. The van der Waals surface area contributed by atoms with Crippen molar-refractivity contribution in [3.63, 3.8) is 0 Å². The van der Waals surface area contributed by atoms with Crippen LogP contribution in [0.5, 0.6) is 0 Å². The number of rotatable bonds is 7. The number of likely N-dealkylation sites (tertiary alicyclic amines) is 1. The van der Waals surface area contributed by atoms with Gasteiger partial charge in [-0.05, 0) is 68.7 Å². The highest BCUT2D eigenvalue weighted by Gasteiger charge is 2.17. The lowest BCUT2D eigenvalue weighted by atomic mass is 10.1. The molecular formula is C21H27N3O3S. The van der Waals surface area contributed by atoms with Gasteiger partial charge in [0.1, 0.15) is 0 Å². The third-order valence-corrected chi connectivity index (χ3v) is 6.60. The van der Waals surface area contributed by atoms with Crippen LogP contribution in [0, 0.1) is 6.92 Å². The molecule has 0 radical (unpaired) electrons. The summed E-state index contributed by atoms with van der Waals surface area (Å²) in [5, 5.41) is 2.95. The van der Waals surface area contributed by atoms with Crippen LogP contribution in [-0.4, -0.2) is 39.4 Å². The third kappa shape index (κ3) is 4.79. The first-order valence-electron chi connectivity index (χ1n) is 9.52. The summed E-state index contributed by atoms with van der Waals surface area (Å²) in [6.07, 6.45) is 2.48. The van der Waals surface area contributed by atoms with Crippen LogP contribution >= 0.6 is 0 Å². The zero-order chi connectivity index (χ0) is 20.1. The molecule has 0 unspecified atom stereocenters. The van der Waals surface area contributed by atoms with Gasteiger partial charge in [-0.1, -0.05) is 30.3 Å². The summed E-state index contributed by atoms with van der Waals surface area (Å²) < 4.78 is 26.3. The fourth-order valence-electron chi connectivity index (χ4n) is 3.47. The summed E-state index contributed by atoms with van der Waals surface area (Å²) in [5.41, 5.74) is 3.40. The van der Waals surface area contributed by atoms with E-state index in [0.29, 0.717) is 12.1 Å². The van der Waals surface area contributed by atoms with E-state index in [1.54, 1.807) is 13.0 Å². The zero-order valence-electron chi connectivity index (χ0n) is 16.4. The number of sulfonamides is 1. The number of amides is 1. The minimum absolute atomic E-state index is 0.0835. The molecule has 3 rings (SSSR count). The fourth-order valence-corrected chi connectivity index (χ4v) is 4.22. The van der Waals surface area contributed by atoms with E-state index in [9.17, 15) is 13.2 Å². The number of carbonyl (C=O) groups excluding carboxylic acids is 1. The maximum absolute atomic E-state index is 12.7. The van der Waals surface area contributed by atoms with Crippen LogP contribution in [0.15, 0.2) is 47.4 Å². The molecule has 28 heavy (non-hydrogen) atoms. The minimum atomic E-state index is -3.59. The van der Waals surface area contributed by atoms with Gasteiger partial charge in [0, 0.05) is 18.7 Å². The van der Waals surface area contributed by atoms with Crippen LogP contribution in [0.3, 0.4) is 0 Å². The highest BCUT2D eigenvalue weighted by molar-refractivity contribution is 7.89. The summed E-state index contributed by atoms with van der Waals surface area (Å²) in [6, 6.07) is 12.7. The average molecular weight is 402 g/mol. The van der Waals surface area contributed by atoms with E-state index in [1.165, 1.54) is 37.6 Å². The summed E-state index contributed by atoms with van der Waals surface area (Å²) >= 11 is 0. The van der Waals surface area contributed by atoms with Gasteiger partial charge in [-0.15, -0.1) is 0 Å². The summed E-state index contributed by atoms with van der Waals surface area (Å²) in [4.78, 5) is 15.2. The minimum Gasteiger partial charge on any atom is -0.348 e. The molecule has 2 aromatic carbocycles. The first kappa shape index (κ1) is 20.5. The van der Waals surface area contributed by atoms with Gasteiger partial charge >= 0.3 is 0 Å². The van der Waals surface area contributed by atoms with E-state index in [1.807, 2.05) is 18.2 Å². The highest BCUT2D eigenvalue weighted by Crippen LogP contribution is 2.18. The second-order valence-electron chi connectivity index (χ2n) is 7.12. The van der Waals surface area contributed by atoms with E-state index in [0.717, 1.165) is 30.8 Å². The third-order valence-electron chi connectivity index (χ3n) is 5.18. The van der Waals surface area contributed by atoms with Gasteiger partial charge in [-0.25, -0.2) is 13.1 Å². The normalized spacial score (nSPS) is 14.9. The molecule has 1 heterocycles. The number of benzene rings is 2. The Hall–Kier alpha value is -2.22. The Morgan fingerprint density at radius 3 is 2.43 bits per heavy atom. The lowest BCUT2D eigenvalue weighted by Gasteiger charge is -2.18. The average Bonchev–Trinajstić information content (AvgIpc) is 3.20. The van der Waals surface area contributed by atoms with Crippen LogP contribution in [-0.2, 0) is 23.1 Å². The summed E-state index contributed by atoms with van der Waals surface area (Å²) in [5.74, 6) is -0.276. The molecule has 0 aromatic heterocycles. The molecule has 1 aliphatic heterocycles. The summed E-state index contributed by atoms with van der Waals surface area (Å²) in [7, 11) is -2.24. The van der Waals surface area contributed by atoms with Crippen molar-refractivity contribution < 1.29 is 13.2 Å². The van der Waals surface area contributed by atoms with Gasteiger partial charge in [0.2, 0.25) is 10.0 Å². The van der Waals surface area contributed by atoms with E-state index in [2.05, 4.69) is 21.0 Å². The first-order chi connectivity index (χ1) is 13.4. The Bertz CT molecular complexity index is 951. The number of nitrogens with zero attached hydrogens (tertiary/aromatic N) is 1. The van der Waals surface area contributed by atoms with E-state index < -0.39 is 10.0 Å². The quantitative estimate of drug-likeness (QED) is 0.747. The lowest BCUT2D eigenvalue weighted by molar-refractivity contribution is 0.0950. The van der Waals surface area contributed by atoms with E-state index in [-0.39, 0.29) is 10.8 Å². The van der Waals surface area contributed by atoms with Gasteiger partial charge in [0.15, 0.2) is 0 Å². The smallest absolute Gasteiger partial charge is 0.251 e. The largest absolute Gasteiger partial charge is 0.348 e. The maximum atomic E-state index is 12.7. The molecule has 0 atom stereocenters. The monoisotopic (exact) mass is 401 g/mol. The van der Waals surface area contributed by atoms with Crippen molar-refractivity contribution in [1.82, 2.24) is 14.9 Å². The van der Waals surface area contributed by atoms with Gasteiger partial charge in [-0.2, -0.15) is 0 Å². The van der Waals surface area contributed by atoms with Crippen LogP contribution in [0.4, 0.5) is 0 Å². The molecule has 0 spiro atoms. The Balaban J connectivity index is 1.73. The van der Waals surface area contributed by atoms with Gasteiger partial charge < -0.3 is 5.32 Å². The predicted molar refractivity (Wildman–Crippen MR) is 110 cm³/mol. The SMILES string of the molecule is CNS(=O)(=O)c1ccc(C)c(C(=O)NCc2ccccc2CN2CCCC2)c1. The molecule has 1 fully saturated rings. The van der Waals surface area contributed by atoms with Crippen LogP contribution in [0.25, 0.3) is 0 Å². The molecular weight excluding hydrogens is 374 g/mol. The zero-order valence-corrected chi connectivity index (χ0v) is 17.2. The Kier molecular flexibility index (Phi) is 6.49. The molecule has 0 saturated carbocycles. The van der Waals surface area contributed by atoms with Gasteiger partial charge in [-0.3, -0.25) is 9.69 Å². The molecule has 0 aliphatic carbocycles. The van der Waals surface area contributed by atoms with Crippen molar-refractivity contribution in [3.8, 4) is 0 Å². The molecule has 1 aliphatic rings. The lowest BCUT2D eigenvalue weighted by Crippen LogP contribution is -2.26. The molecule has 7 heteroatoms. The fraction of sp³-hybridized carbons (Fsp3) is 0.381. The van der Waals surface area contributed by atoms with E-state index in [4.69, 9.17) is 0 Å². The second-order valence-corrected chi connectivity index (χ2v) is 9.01. The van der Waals surface area contributed by atoms with Crippen molar-refractivity contribution in [1.29, 1.82) is 0 Å². The topological polar surface area (TPSA) is 78.5 Å². The number of nitrogens with one attached hydrogen (secondary N) is 2. The molecule has 1 amide bonds. The maximum Gasteiger partial charge on any atom is 0.251 e. The van der Waals surface area contributed by atoms with Crippen molar-refractivity contribution >= 4 is 15.9 Å². The molecule has 2 N–H and O–H groups in total. The molecule has 0 bridgehead atoms. The van der Waals surface area contributed by atoms with Crippen molar-refractivity contribution in [2.24, 2.45) is 0 Å². The molecule has 1 saturated heterocycles. The molecule has 6 nitrogen and oxygen atoms in total. The number of hydrogen-bond acceptors (Lipinski definition) is 4. The van der Waals surface area contributed by atoms with Gasteiger partial charge in [0.05, 0.1) is 4.90 Å². The highest BCUT2D eigenvalue weighted by atomic mass is 32.2. The van der Waals surface area contributed by atoms with E-state index >= 15 is 0 Å². The standard InChI is InChI=1S/C21H27N3O3S/c1-16-9-10-19(28(26,27)22-2)13-20(16)21(25)23-14-17-7-3-4-8-18(17)15-24-11-5-6-12-24/h3-4,7-10,13,22H,5-6,11-12,14-15H2,1-2H3,(H,23,25). The van der Waals surface area contributed by atoms with Gasteiger partial charge in [0.25, 0.3) is 5.91 Å². The molecule has 2 aromatic rings. The Labute approximate surface area is 167 Å². The van der Waals surface area contributed by atoms with Crippen molar-refractivity contribution in [2.45, 2.75) is 37.8 Å². The van der Waals surface area contributed by atoms with Crippen molar-refractivity contribution in [2.75, 3.05) is 20.1 Å². The van der Waals surface area contributed by atoms with Crippen molar-refractivity contribution in [3.05, 3.63) is 64.7 Å². The Morgan fingerprint density at radius 2 is 1.75 bits per heavy atom. The van der Waals surface area contributed by atoms with Crippen LogP contribution in [0.1, 0.15) is 39.9 Å². The number of hydrogen-bond donors (Lipinski definition) is 2. The predicted octanol–water partition coefficient (Wildman–Crippen LogP) is 2.43. The van der Waals surface area contributed by atoms with Crippen LogP contribution in [0.2, 0.25) is 0 Å². The number of carbonyl (C=O) groups is 1. The van der Waals surface area contributed by atoms with Crippen LogP contribution < -0.4 is 10.0 Å². The first-order valence-corrected chi connectivity index (χ1v) is 11.0.